The number of likely N-dealkylation sites (tertiary alicyclic amines) is 1. The van der Waals surface area contributed by atoms with Crippen molar-refractivity contribution in [1.29, 1.82) is 0 Å². The van der Waals surface area contributed by atoms with Crippen molar-refractivity contribution in [3.8, 4) is 0 Å². The number of carbonyl (C=O) groups excluding carboxylic acids is 3. The SMILES string of the molecule is CC(C)(C)OC(=O)NCCCCCC(=O)NC[C@@H]1C[C@@H](CC(=O)O)C(=O)N1CCc1cccc2ccccc12. The van der Waals surface area contributed by atoms with Crippen LogP contribution in [0.4, 0.5) is 4.79 Å². The van der Waals surface area contributed by atoms with Gasteiger partial charge < -0.3 is 25.4 Å². The number of fused-ring (bicyclic) bond motifs is 1. The lowest BCUT2D eigenvalue weighted by Crippen LogP contribution is -2.42. The molecule has 1 aliphatic rings. The van der Waals surface area contributed by atoms with Crippen LogP contribution >= 0.6 is 0 Å². The second-order valence-corrected chi connectivity index (χ2v) is 11.1. The Hall–Kier alpha value is -3.62. The number of hydrogen-bond acceptors (Lipinski definition) is 5. The van der Waals surface area contributed by atoms with E-state index in [2.05, 4.69) is 34.9 Å². The fraction of sp³-hybridized carbons (Fsp3) is 0.533. The first-order chi connectivity index (χ1) is 18.5. The van der Waals surface area contributed by atoms with E-state index < -0.39 is 23.6 Å². The van der Waals surface area contributed by atoms with Gasteiger partial charge in [0.15, 0.2) is 0 Å². The zero-order valence-electron chi connectivity index (χ0n) is 23.2. The Balaban J connectivity index is 1.46. The largest absolute Gasteiger partial charge is 0.481 e. The van der Waals surface area contributed by atoms with Gasteiger partial charge in [0.25, 0.3) is 0 Å². The Labute approximate surface area is 230 Å². The van der Waals surface area contributed by atoms with Gasteiger partial charge in [-0.25, -0.2) is 4.79 Å². The van der Waals surface area contributed by atoms with Crippen molar-refractivity contribution in [3.05, 3.63) is 48.0 Å². The van der Waals surface area contributed by atoms with E-state index >= 15 is 0 Å². The number of alkyl carbamates (subject to hydrolysis) is 1. The number of benzene rings is 2. The third-order valence-corrected chi connectivity index (χ3v) is 6.84. The number of hydrogen-bond donors (Lipinski definition) is 3. The van der Waals surface area contributed by atoms with Crippen LogP contribution in [0, 0.1) is 5.92 Å². The molecule has 212 valence electrons. The standard InChI is InChI=1S/C30H41N3O6/c1-30(2,3)39-29(38)31-16-8-4-5-14-26(34)32-20-24-18-23(19-27(35)36)28(37)33(24)17-15-22-12-9-11-21-10-6-7-13-25(21)22/h6-7,9-13,23-24H,4-5,8,14-20H2,1-3H3,(H,31,38)(H,32,34)(H,35,36)/t23-,24-/m0/s1. The van der Waals surface area contributed by atoms with Crippen LogP contribution in [-0.2, 0) is 25.5 Å². The number of amides is 3. The highest BCUT2D eigenvalue weighted by Gasteiger charge is 2.40. The van der Waals surface area contributed by atoms with Crippen molar-refractivity contribution in [1.82, 2.24) is 15.5 Å². The van der Waals surface area contributed by atoms with Gasteiger partial charge in [0.05, 0.1) is 12.3 Å². The number of ether oxygens (including phenoxy) is 1. The highest BCUT2D eigenvalue weighted by Crippen LogP contribution is 2.28. The molecule has 0 bridgehead atoms. The van der Waals surface area contributed by atoms with Crippen molar-refractivity contribution >= 4 is 34.6 Å². The molecule has 0 unspecified atom stereocenters. The highest BCUT2D eigenvalue weighted by atomic mass is 16.6. The van der Waals surface area contributed by atoms with E-state index in [9.17, 15) is 24.3 Å². The van der Waals surface area contributed by atoms with Crippen molar-refractivity contribution in [3.63, 3.8) is 0 Å². The van der Waals surface area contributed by atoms with Crippen LogP contribution in [-0.4, -0.2) is 65.2 Å². The summed E-state index contributed by atoms with van der Waals surface area (Å²) in [7, 11) is 0. The highest BCUT2D eigenvalue weighted by molar-refractivity contribution is 5.87. The first-order valence-electron chi connectivity index (χ1n) is 13.8. The van der Waals surface area contributed by atoms with Crippen LogP contribution in [0.5, 0.6) is 0 Å². The van der Waals surface area contributed by atoms with Gasteiger partial charge in [0.1, 0.15) is 5.60 Å². The Morgan fingerprint density at radius 1 is 1.03 bits per heavy atom. The Kier molecular flexibility index (Phi) is 10.7. The van der Waals surface area contributed by atoms with Crippen LogP contribution in [0.25, 0.3) is 10.8 Å². The van der Waals surface area contributed by atoms with E-state index in [4.69, 9.17) is 4.74 Å². The van der Waals surface area contributed by atoms with Gasteiger partial charge in [0, 0.05) is 32.1 Å². The number of unbranched alkanes of at least 4 members (excludes halogenated alkanes) is 2. The second kappa shape index (κ2) is 14.0. The third-order valence-electron chi connectivity index (χ3n) is 6.84. The van der Waals surface area contributed by atoms with Gasteiger partial charge in [-0.15, -0.1) is 0 Å². The number of rotatable bonds is 13. The van der Waals surface area contributed by atoms with E-state index in [1.54, 1.807) is 4.90 Å². The fourth-order valence-electron chi connectivity index (χ4n) is 5.00. The molecule has 3 amide bonds. The van der Waals surface area contributed by atoms with Crippen molar-refractivity contribution < 1.29 is 29.0 Å². The molecule has 2 atom stereocenters. The van der Waals surface area contributed by atoms with E-state index in [0.717, 1.165) is 29.2 Å². The quantitative estimate of drug-likeness (QED) is 0.327. The summed E-state index contributed by atoms with van der Waals surface area (Å²) < 4.78 is 5.19. The van der Waals surface area contributed by atoms with E-state index in [0.29, 0.717) is 45.3 Å². The summed E-state index contributed by atoms with van der Waals surface area (Å²) in [6.07, 6.45) is 2.96. The molecule has 2 aromatic carbocycles. The van der Waals surface area contributed by atoms with E-state index in [-0.39, 0.29) is 24.3 Å². The minimum atomic E-state index is -0.992. The van der Waals surface area contributed by atoms with Crippen LogP contribution in [0.1, 0.15) is 64.9 Å². The van der Waals surface area contributed by atoms with Crippen molar-refractivity contribution in [2.45, 2.75) is 77.4 Å². The molecular weight excluding hydrogens is 498 g/mol. The number of carboxylic acid groups (broad SMARTS) is 1. The van der Waals surface area contributed by atoms with Crippen molar-refractivity contribution in [2.75, 3.05) is 19.6 Å². The average Bonchev–Trinajstić information content (AvgIpc) is 3.15. The van der Waals surface area contributed by atoms with Gasteiger partial charge in [0.2, 0.25) is 11.8 Å². The molecule has 0 radical (unpaired) electrons. The molecule has 9 nitrogen and oxygen atoms in total. The lowest BCUT2D eigenvalue weighted by molar-refractivity contribution is -0.142. The van der Waals surface area contributed by atoms with Crippen LogP contribution < -0.4 is 10.6 Å². The third kappa shape index (κ3) is 9.57. The number of carbonyl (C=O) groups is 4. The summed E-state index contributed by atoms with van der Waals surface area (Å²) in [6, 6.07) is 14.0. The molecule has 3 N–H and O–H groups in total. The smallest absolute Gasteiger partial charge is 0.407 e. The summed E-state index contributed by atoms with van der Waals surface area (Å²) in [6.45, 7) is 6.68. The Bertz CT molecular complexity index is 1150. The molecule has 1 aliphatic heterocycles. The number of nitrogens with zero attached hydrogens (tertiary/aromatic N) is 1. The van der Waals surface area contributed by atoms with Crippen LogP contribution in [0.15, 0.2) is 42.5 Å². The predicted molar refractivity (Wildman–Crippen MR) is 149 cm³/mol. The molecule has 2 aromatic rings. The fourth-order valence-corrected chi connectivity index (χ4v) is 5.00. The molecule has 9 heteroatoms. The van der Waals surface area contributed by atoms with E-state index in [1.165, 1.54) is 0 Å². The summed E-state index contributed by atoms with van der Waals surface area (Å²) >= 11 is 0. The number of aliphatic carboxylic acids is 1. The van der Waals surface area contributed by atoms with Gasteiger partial charge in [-0.3, -0.25) is 14.4 Å². The van der Waals surface area contributed by atoms with Gasteiger partial charge in [-0.05, 0) is 62.8 Å². The van der Waals surface area contributed by atoms with Crippen molar-refractivity contribution in [2.24, 2.45) is 5.92 Å². The molecule has 3 rings (SSSR count). The maximum absolute atomic E-state index is 13.1. The first kappa shape index (κ1) is 29.9. The van der Waals surface area contributed by atoms with E-state index in [1.807, 2.05) is 39.0 Å². The minimum absolute atomic E-state index is 0.0989. The summed E-state index contributed by atoms with van der Waals surface area (Å²) in [5.74, 6) is -1.82. The molecule has 1 fully saturated rings. The molecule has 1 saturated heterocycles. The Morgan fingerprint density at radius 3 is 2.51 bits per heavy atom. The molecule has 39 heavy (non-hydrogen) atoms. The lowest BCUT2D eigenvalue weighted by Gasteiger charge is -2.25. The van der Waals surface area contributed by atoms with Gasteiger partial charge in [-0.2, -0.15) is 0 Å². The number of nitrogens with one attached hydrogen (secondary N) is 2. The van der Waals surface area contributed by atoms with Gasteiger partial charge >= 0.3 is 12.1 Å². The summed E-state index contributed by atoms with van der Waals surface area (Å²) in [5, 5.41) is 17.2. The van der Waals surface area contributed by atoms with Crippen LogP contribution in [0.3, 0.4) is 0 Å². The maximum Gasteiger partial charge on any atom is 0.407 e. The second-order valence-electron chi connectivity index (χ2n) is 11.1. The molecule has 0 aromatic heterocycles. The molecule has 0 saturated carbocycles. The predicted octanol–water partition coefficient (Wildman–Crippen LogP) is 4.28. The molecular formula is C30H41N3O6. The monoisotopic (exact) mass is 539 g/mol. The zero-order valence-corrected chi connectivity index (χ0v) is 23.2. The molecule has 0 spiro atoms. The number of carboxylic acids is 1. The summed E-state index contributed by atoms with van der Waals surface area (Å²) in [5.41, 5.74) is 0.595. The lowest BCUT2D eigenvalue weighted by atomic mass is 10.0. The molecule has 1 heterocycles. The first-order valence-corrected chi connectivity index (χ1v) is 13.8. The topological polar surface area (TPSA) is 125 Å². The van der Waals surface area contributed by atoms with Crippen LogP contribution in [0.2, 0.25) is 0 Å². The van der Waals surface area contributed by atoms with Gasteiger partial charge in [-0.1, -0.05) is 48.9 Å². The minimum Gasteiger partial charge on any atom is -0.481 e. The average molecular weight is 540 g/mol. The molecule has 0 aliphatic carbocycles. The zero-order chi connectivity index (χ0) is 28.4. The maximum atomic E-state index is 13.1. The Morgan fingerprint density at radius 2 is 1.77 bits per heavy atom. The summed E-state index contributed by atoms with van der Waals surface area (Å²) in [4.78, 5) is 50.3. The normalized spacial score (nSPS) is 17.3.